The zero-order valence-corrected chi connectivity index (χ0v) is 21.3. The maximum absolute atomic E-state index is 12.5. The van der Waals surface area contributed by atoms with Crippen LogP contribution in [0.3, 0.4) is 0 Å². The Balaban J connectivity index is 1.55. The predicted octanol–water partition coefficient (Wildman–Crippen LogP) is 3.69. The largest absolute Gasteiger partial charge is 0.480 e. The van der Waals surface area contributed by atoms with Crippen LogP contribution in [0.4, 0.5) is 5.69 Å². The number of nitrogens with one attached hydrogen (secondary N) is 3. The van der Waals surface area contributed by atoms with Gasteiger partial charge in [-0.15, -0.1) is 0 Å². The fourth-order valence-electron chi connectivity index (χ4n) is 3.33. The molecule has 0 aliphatic rings. The SMILES string of the molecule is O=C(Nc1ccc(C[C@H](NS(=O)(=O)NCCCc2ccccc2)C(=O)O)cc1)c1c(Cl)cncc1Cl. The summed E-state index contributed by atoms with van der Waals surface area (Å²) in [7, 11) is -4.03. The van der Waals surface area contributed by atoms with Crippen molar-refractivity contribution in [2.45, 2.75) is 25.3 Å². The van der Waals surface area contributed by atoms with E-state index in [1.807, 2.05) is 30.3 Å². The summed E-state index contributed by atoms with van der Waals surface area (Å²) in [5.74, 6) is -1.85. The maximum atomic E-state index is 12.5. The minimum Gasteiger partial charge on any atom is -0.480 e. The van der Waals surface area contributed by atoms with Gasteiger partial charge in [0, 0.05) is 24.6 Å². The van der Waals surface area contributed by atoms with E-state index in [1.165, 1.54) is 12.4 Å². The smallest absolute Gasteiger partial charge is 0.322 e. The number of aryl methyl sites for hydroxylation is 1. The summed E-state index contributed by atoms with van der Waals surface area (Å²) >= 11 is 12.0. The highest BCUT2D eigenvalue weighted by molar-refractivity contribution is 7.87. The third-order valence-corrected chi connectivity index (χ3v) is 6.86. The normalized spacial score (nSPS) is 12.2. The Hall–Kier alpha value is -3.02. The van der Waals surface area contributed by atoms with E-state index in [0.29, 0.717) is 24.1 Å². The van der Waals surface area contributed by atoms with Crippen molar-refractivity contribution in [1.82, 2.24) is 14.4 Å². The molecule has 0 spiro atoms. The molecular weight excluding hydrogens is 527 g/mol. The molecule has 190 valence electrons. The second kappa shape index (κ2) is 12.8. The molecule has 0 bridgehead atoms. The van der Waals surface area contributed by atoms with E-state index in [-0.39, 0.29) is 28.6 Å². The molecule has 4 N–H and O–H groups in total. The van der Waals surface area contributed by atoms with Gasteiger partial charge in [-0.05, 0) is 42.5 Å². The zero-order chi connectivity index (χ0) is 26.1. The molecule has 0 radical (unpaired) electrons. The number of hydrogen-bond acceptors (Lipinski definition) is 5. The minimum atomic E-state index is -4.03. The van der Waals surface area contributed by atoms with E-state index in [9.17, 15) is 23.1 Å². The summed E-state index contributed by atoms with van der Waals surface area (Å²) < 4.78 is 29.3. The Labute approximate surface area is 219 Å². The van der Waals surface area contributed by atoms with Crippen LogP contribution >= 0.6 is 23.2 Å². The van der Waals surface area contributed by atoms with E-state index in [1.54, 1.807) is 24.3 Å². The number of aromatic nitrogens is 1. The van der Waals surface area contributed by atoms with Crippen molar-refractivity contribution in [3.05, 3.63) is 93.7 Å². The highest BCUT2D eigenvalue weighted by atomic mass is 35.5. The molecule has 1 atom stereocenters. The molecule has 0 aliphatic carbocycles. The van der Waals surface area contributed by atoms with Crippen LogP contribution in [-0.4, -0.2) is 43.0 Å². The number of benzene rings is 2. The molecule has 3 rings (SSSR count). The zero-order valence-electron chi connectivity index (χ0n) is 18.9. The van der Waals surface area contributed by atoms with Crippen molar-refractivity contribution < 1.29 is 23.1 Å². The van der Waals surface area contributed by atoms with Gasteiger partial charge in [-0.2, -0.15) is 13.1 Å². The van der Waals surface area contributed by atoms with Gasteiger partial charge >= 0.3 is 5.97 Å². The average Bonchev–Trinajstić information content (AvgIpc) is 2.83. The van der Waals surface area contributed by atoms with Crippen LogP contribution < -0.4 is 14.8 Å². The van der Waals surface area contributed by atoms with Gasteiger partial charge in [0.05, 0.1) is 15.6 Å². The van der Waals surface area contributed by atoms with Crippen LogP contribution in [-0.2, 0) is 27.8 Å². The molecule has 0 saturated carbocycles. The van der Waals surface area contributed by atoms with Crippen LogP contribution in [0.2, 0.25) is 10.0 Å². The molecule has 12 heteroatoms. The summed E-state index contributed by atoms with van der Waals surface area (Å²) in [4.78, 5) is 28.0. The lowest BCUT2D eigenvalue weighted by Crippen LogP contribution is -2.47. The Kier molecular flexibility index (Phi) is 9.80. The van der Waals surface area contributed by atoms with Gasteiger partial charge in [0.2, 0.25) is 0 Å². The van der Waals surface area contributed by atoms with Gasteiger partial charge in [-0.3, -0.25) is 14.6 Å². The highest BCUT2D eigenvalue weighted by Crippen LogP contribution is 2.24. The Morgan fingerprint density at radius 1 is 0.944 bits per heavy atom. The van der Waals surface area contributed by atoms with Crippen molar-refractivity contribution in [3.8, 4) is 0 Å². The Morgan fingerprint density at radius 3 is 2.19 bits per heavy atom. The van der Waals surface area contributed by atoms with Crippen LogP contribution in [0, 0.1) is 0 Å². The predicted molar refractivity (Wildman–Crippen MR) is 139 cm³/mol. The molecule has 0 aliphatic heterocycles. The number of carbonyl (C=O) groups is 2. The van der Waals surface area contributed by atoms with Gasteiger partial charge in [-0.1, -0.05) is 65.7 Å². The second-order valence-electron chi connectivity index (χ2n) is 7.83. The number of aliphatic carboxylic acids is 1. The van der Waals surface area contributed by atoms with Crippen molar-refractivity contribution in [3.63, 3.8) is 0 Å². The third-order valence-electron chi connectivity index (χ3n) is 5.10. The fourth-order valence-corrected chi connectivity index (χ4v) is 4.93. The first-order chi connectivity index (χ1) is 17.1. The first kappa shape index (κ1) is 27.6. The Morgan fingerprint density at radius 2 is 1.58 bits per heavy atom. The topological polar surface area (TPSA) is 137 Å². The lowest BCUT2D eigenvalue weighted by Gasteiger charge is -2.16. The summed E-state index contributed by atoms with van der Waals surface area (Å²) in [6.07, 6.45) is 3.75. The summed E-state index contributed by atoms with van der Waals surface area (Å²) in [5, 5.41) is 12.4. The van der Waals surface area contributed by atoms with E-state index < -0.39 is 28.1 Å². The number of anilines is 1. The van der Waals surface area contributed by atoms with Gasteiger partial charge < -0.3 is 10.4 Å². The summed E-state index contributed by atoms with van der Waals surface area (Å²) in [6, 6.07) is 14.5. The molecule has 0 unspecified atom stereocenters. The number of amides is 1. The molecule has 1 aromatic heterocycles. The van der Waals surface area contributed by atoms with Gasteiger partial charge in [0.25, 0.3) is 16.1 Å². The number of hydrogen-bond donors (Lipinski definition) is 4. The molecule has 1 heterocycles. The van der Waals surface area contributed by atoms with E-state index in [0.717, 1.165) is 5.56 Å². The molecule has 0 saturated heterocycles. The molecular formula is C24H24Cl2N4O5S. The van der Waals surface area contributed by atoms with Crippen LogP contribution in [0.1, 0.15) is 27.9 Å². The highest BCUT2D eigenvalue weighted by Gasteiger charge is 2.24. The van der Waals surface area contributed by atoms with Crippen molar-refractivity contribution >= 4 is 51.0 Å². The Bertz CT molecular complexity index is 1290. The van der Waals surface area contributed by atoms with E-state index >= 15 is 0 Å². The van der Waals surface area contributed by atoms with Crippen LogP contribution in [0.15, 0.2) is 67.0 Å². The number of rotatable bonds is 12. The van der Waals surface area contributed by atoms with E-state index in [4.69, 9.17) is 23.2 Å². The summed E-state index contributed by atoms with van der Waals surface area (Å²) in [5.41, 5.74) is 2.13. The molecule has 9 nitrogen and oxygen atoms in total. The number of carboxylic acid groups (broad SMARTS) is 1. The molecule has 0 fully saturated rings. The van der Waals surface area contributed by atoms with Crippen molar-refractivity contribution in [2.24, 2.45) is 0 Å². The third kappa shape index (κ3) is 8.28. The first-order valence-corrected chi connectivity index (χ1v) is 13.1. The number of carbonyl (C=O) groups excluding carboxylic acids is 1. The fraction of sp³-hybridized carbons (Fsp3) is 0.208. The molecule has 36 heavy (non-hydrogen) atoms. The van der Waals surface area contributed by atoms with Crippen molar-refractivity contribution in [2.75, 3.05) is 11.9 Å². The lowest BCUT2D eigenvalue weighted by molar-refractivity contribution is -0.138. The molecule has 1 amide bonds. The lowest BCUT2D eigenvalue weighted by atomic mass is 10.1. The summed E-state index contributed by atoms with van der Waals surface area (Å²) in [6.45, 7) is 0.163. The number of nitrogens with zero attached hydrogens (tertiary/aromatic N) is 1. The van der Waals surface area contributed by atoms with Crippen LogP contribution in [0.25, 0.3) is 0 Å². The molecule has 2 aromatic carbocycles. The maximum Gasteiger partial charge on any atom is 0.322 e. The second-order valence-corrected chi connectivity index (χ2v) is 10.2. The first-order valence-electron chi connectivity index (χ1n) is 10.9. The number of halogens is 2. The minimum absolute atomic E-state index is 0.0778. The van der Waals surface area contributed by atoms with Gasteiger partial charge in [-0.25, -0.2) is 4.72 Å². The van der Waals surface area contributed by atoms with E-state index in [2.05, 4.69) is 19.7 Å². The van der Waals surface area contributed by atoms with Crippen LogP contribution in [0.5, 0.6) is 0 Å². The number of carboxylic acids is 1. The van der Waals surface area contributed by atoms with Gasteiger partial charge in [0.15, 0.2) is 0 Å². The van der Waals surface area contributed by atoms with Gasteiger partial charge in [0.1, 0.15) is 6.04 Å². The number of pyridine rings is 1. The average molecular weight is 551 g/mol. The van der Waals surface area contributed by atoms with Crippen molar-refractivity contribution in [1.29, 1.82) is 0 Å². The quantitative estimate of drug-likeness (QED) is 0.254. The monoisotopic (exact) mass is 550 g/mol. The molecule has 3 aromatic rings. The standard InChI is InChI=1S/C24H24Cl2N4O5S/c25-19-14-27-15-20(26)22(19)23(31)29-18-10-8-17(9-11-18)13-21(24(32)33)30-36(34,35)28-12-4-7-16-5-2-1-3-6-16/h1-3,5-6,8-11,14-15,21,28,30H,4,7,12-13H2,(H,29,31)(H,32,33)/t21-/m0/s1.